The molecule has 0 unspecified atom stereocenters. The van der Waals surface area contributed by atoms with Crippen LogP contribution in [0.5, 0.6) is 6.01 Å². The topological polar surface area (TPSA) is 27.1 Å². The number of hydrogen-bond donors (Lipinski definition) is 0. The monoisotopic (exact) mass is 186 g/mol. The van der Waals surface area contributed by atoms with Crippen LogP contribution in [0.1, 0.15) is 0 Å². The smallest absolute Gasteiger partial charge is 0.306 e. The average molecular weight is 186 g/mol. The van der Waals surface area contributed by atoms with Crippen LogP contribution in [0.4, 0.5) is 0 Å². The Morgan fingerprint density at radius 2 is 2.07 bits per heavy atom. The summed E-state index contributed by atoms with van der Waals surface area (Å²) in [7, 11) is 0. The molecule has 0 aliphatic heterocycles. The summed E-state index contributed by atoms with van der Waals surface area (Å²) in [6.07, 6.45) is 3.01. The molecule has 1 heterocycles. The minimum atomic E-state index is 0.483. The minimum absolute atomic E-state index is 0.483. The standard InChI is InChI=1S/C11H10N2O/c1-3-13-10-8-6-5-7-9(10)12-11(13)14-4-2/h3-8H,1-2H2. The molecule has 3 heteroatoms. The zero-order chi connectivity index (χ0) is 9.97. The predicted molar refractivity (Wildman–Crippen MR) is 56.9 cm³/mol. The molecule has 0 saturated heterocycles. The van der Waals surface area contributed by atoms with Crippen molar-refractivity contribution in [2.24, 2.45) is 0 Å². The van der Waals surface area contributed by atoms with Crippen LogP contribution < -0.4 is 4.74 Å². The third-order valence-electron chi connectivity index (χ3n) is 1.93. The Kier molecular flexibility index (Phi) is 2.07. The molecular weight excluding hydrogens is 176 g/mol. The molecule has 0 N–H and O–H groups in total. The highest BCUT2D eigenvalue weighted by atomic mass is 16.5. The van der Waals surface area contributed by atoms with Gasteiger partial charge in [0.2, 0.25) is 0 Å². The second-order valence-corrected chi connectivity index (χ2v) is 2.72. The second kappa shape index (κ2) is 3.38. The molecule has 0 atom stereocenters. The molecule has 0 aliphatic rings. The van der Waals surface area contributed by atoms with Gasteiger partial charge in [-0.15, -0.1) is 0 Å². The minimum Gasteiger partial charge on any atom is -0.434 e. The van der Waals surface area contributed by atoms with E-state index >= 15 is 0 Å². The van der Waals surface area contributed by atoms with E-state index < -0.39 is 0 Å². The van der Waals surface area contributed by atoms with Gasteiger partial charge in [0.05, 0.1) is 17.3 Å². The largest absolute Gasteiger partial charge is 0.434 e. The Morgan fingerprint density at radius 1 is 1.29 bits per heavy atom. The average Bonchev–Trinajstić information content (AvgIpc) is 2.55. The van der Waals surface area contributed by atoms with Crippen LogP contribution in [0.25, 0.3) is 17.2 Å². The van der Waals surface area contributed by atoms with Gasteiger partial charge in [0, 0.05) is 6.20 Å². The highest BCUT2D eigenvalue weighted by Crippen LogP contribution is 2.21. The molecule has 0 radical (unpaired) electrons. The van der Waals surface area contributed by atoms with Gasteiger partial charge in [0.25, 0.3) is 0 Å². The van der Waals surface area contributed by atoms with Crippen LogP contribution in [0, 0.1) is 0 Å². The summed E-state index contributed by atoms with van der Waals surface area (Å²) in [5, 5.41) is 0. The third-order valence-corrected chi connectivity index (χ3v) is 1.93. The molecule has 0 fully saturated rings. The Morgan fingerprint density at radius 3 is 2.79 bits per heavy atom. The van der Waals surface area contributed by atoms with Crippen LogP contribution in [-0.4, -0.2) is 9.55 Å². The van der Waals surface area contributed by atoms with Gasteiger partial charge in [-0.2, -0.15) is 4.98 Å². The lowest BCUT2D eigenvalue weighted by Gasteiger charge is -1.99. The SMILES string of the molecule is C=COc1nc2ccccc2n1C=C. The van der Waals surface area contributed by atoms with Crippen LogP contribution in [0.15, 0.2) is 43.7 Å². The summed E-state index contributed by atoms with van der Waals surface area (Å²) in [4.78, 5) is 4.27. The molecule has 0 spiro atoms. The molecule has 0 saturated carbocycles. The van der Waals surface area contributed by atoms with E-state index in [2.05, 4.69) is 18.1 Å². The lowest BCUT2D eigenvalue weighted by molar-refractivity contribution is 0.440. The van der Waals surface area contributed by atoms with Crippen LogP contribution in [0.2, 0.25) is 0 Å². The highest BCUT2D eigenvalue weighted by Gasteiger charge is 2.07. The number of benzene rings is 1. The predicted octanol–water partition coefficient (Wildman–Crippen LogP) is 2.66. The quantitative estimate of drug-likeness (QED) is 0.689. The third kappa shape index (κ3) is 1.19. The van der Waals surface area contributed by atoms with Crippen molar-refractivity contribution in [1.29, 1.82) is 0 Å². The molecule has 3 nitrogen and oxygen atoms in total. The number of imidazole rings is 1. The van der Waals surface area contributed by atoms with E-state index in [1.165, 1.54) is 6.26 Å². The van der Waals surface area contributed by atoms with E-state index in [-0.39, 0.29) is 0 Å². The van der Waals surface area contributed by atoms with Crippen LogP contribution in [-0.2, 0) is 0 Å². The number of fused-ring (bicyclic) bond motifs is 1. The van der Waals surface area contributed by atoms with Crippen molar-refractivity contribution in [1.82, 2.24) is 9.55 Å². The van der Waals surface area contributed by atoms with Gasteiger partial charge < -0.3 is 4.74 Å². The molecule has 0 bridgehead atoms. The van der Waals surface area contributed by atoms with Gasteiger partial charge >= 0.3 is 6.01 Å². The first-order valence-corrected chi connectivity index (χ1v) is 4.24. The maximum Gasteiger partial charge on any atom is 0.306 e. The molecule has 1 aromatic heterocycles. The van der Waals surface area contributed by atoms with E-state index in [1.54, 1.807) is 10.8 Å². The zero-order valence-electron chi connectivity index (χ0n) is 7.68. The Balaban J connectivity index is 2.71. The highest BCUT2D eigenvalue weighted by molar-refractivity contribution is 5.78. The summed E-state index contributed by atoms with van der Waals surface area (Å²) < 4.78 is 6.93. The summed E-state index contributed by atoms with van der Waals surface area (Å²) in [6.45, 7) is 7.20. The number of hydrogen-bond acceptors (Lipinski definition) is 2. The van der Waals surface area contributed by atoms with Crippen molar-refractivity contribution < 1.29 is 4.74 Å². The Hall–Kier alpha value is -2.03. The summed E-state index contributed by atoms with van der Waals surface area (Å²) in [6, 6.07) is 8.24. The van der Waals surface area contributed by atoms with Crippen molar-refractivity contribution in [2.75, 3.05) is 0 Å². The van der Waals surface area contributed by atoms with Gasteiger partial charge in [0.15, 0.2) is 0 Å². The van der Waals surface area contributed by atoms with Crippen molar-refractivity contribution in [3.8, 4) is 6.01 Å². The van der Waals surface area contributed by atoms with Gasteiger partial charge in [-0.25, -0.2) is 0 Å². The number of para-hydroxylation sites is 2. The fourth-order valence-corrected chi connectivity index (χ4v) is 1.36. The second-order valence-electron chi connectivity index (χ2n) is 2.72. The fourth-order valence-electron chi connectivity index (χ4n) is 1.36. The number of aromatic nitrogens is 2. The lowest BCUT2D eigenvalue weighted by Crippen LogP contribution is -1.91. The number of ether oxygens (including phenoxy) is 1. The van der Waals surface area contributed by atoms with Gasteiger partial charge in [0.1, 0.15) is 0 Å². The Labute approximate surface area is 81.9 Å². The van der Waals surface area contributed by atoms with Crippen molar-refractivity contribution in [3.63, 3.8) is 0 Å². The van der Waals surface area contributed by atoms with Crippen LogP contribution >= 0.6 is 0 Å². The lowest BCUT2D eigenvalue weighted by atomic mass is 10.3. The molecular formula is C11H10N2O. The molecule has 1 aromatic carbocycles. The number of rotatable bonds is 3. The van der Waals surface area contributed by atoms with Crippen LogP contribution in [0.3, 0.4) is 0 Å². The van der Waals surface area contributed by atoms with Gasteiger partial charge in [-0.1, -0.05) is 25.3 Å². The normalized spacial score (nSPS) is 10.0. The maximum atomic E-state index is 5.16. The number of nitrogens with zero attached hydrogens (tertiary/aromatic N) is 2. The molecule has 14 heavy (non-hydrogen) atoms. The van der Waals surface area contributed by atoms with Crippen molar-refractivity contribution in [3.05, 3.63) is 43.7 Å². The van der Waals surface area contributed by atoms with E-state index in [4.69, 9.17) is 4.74 Å². The van der Waals surface area contributed by atoms with E-state index in [0.29, 0.717) is 6.01 Å². The Bertz CT molecular complexity index is 485. The van der Waals surface area contributed by atoms with E-state index in [9.17, 15) is 0 Å². The summed E-state index contributed by atoms with van der Waals surface area (Å²) in [5.74, 6) is 0. The molecule has 0 aliphatic carbocycles. The summed E-state index contributed by atoms with van der Waals surface area (Å²) in [5.41, 5.74) is 1.85. The summed E-state index contributed by atoms with van der Waals surface area (Å²) >= 11 is 0. The molecule has 0 amide bonds. The van der Waals surface area contributed by atoms with E-state index in [1.807, 2.05) is 24.3 Å². The van der Waals surface area contributed by atoms with Gasteiger partial charge in [-0.3, -0.25) is 4.57 Å². The first kappa shape index (κ1) is 8.56. The van der Waals surface area contributed by atoms with Crippen molar-refractivity contribution >= 4 is 17.2 Å². The van der Waals surface area contributed by atoms with E-state index in [0.717, 1.165) is 11.0 Å². The van der Waals surface area contributed by atoms with Gasteiger partial charge in [-0.05, 0) is 12.1 Å². The molecule has 2 rings (SSSR count). The molecule has 70 valence electrons. The van der Waals surface area contributed by atoms with Crippen molar-refractivity contribution in [2.45, 2.75) is 0 Å². The fraction of sp³-hybridized carbons (Fsp3) is 0. The maximum absolute atomic E-state index is 5.16. The first-order chi connectivity index (χ1) is 6.86. The molecule has 2 aromatic rings. The zero-order valence-corrected chi connectivity index (χ0v) is 7.68. The first-order valence-electron chi connectivity index (χ1n) is 4.24.